The molecule has 1 spiro atoms. The normalized spacial score (nSPS) is 30.3. The molecule has 1 unspecified atom stereocenters. The van der Waals surface area contributed by atoms with Crippen LogP contribution >= 0.6 is 15.9 Å². The summed E-state index contributed by atoms with van der Waals surface area (Å²) in [6, 6.07) is 6.93. The lowest BCUT2D eigenvalue weighted by Crippen LogP contribution is -2.60. The van der Waals surface area contributed by atoms with Crippen LogP contribution in [-0.2, 0) is 28.7 Å². The van der Waals surface area contributed by atoms with Crippen LogP contribution in [0.25, 0.3) is 0 Å². The summed E-state index contributed by atoms with van der Waals surface area (Å²) in [6.07, 6.45) is 7.87. The molecule has 4 fully saturated rings. The molecular weight excluding hydrogens is 666 g/mol. The quantitative estimate of drug-likeness (QED) is 0.168. The van der Waals surface area contributed by atoms with Gasteiger partial charge in [-0.15, -0.1) is 13.2 Å². The predicted octanol–water partition coefficient (Wildman–Crippen LogP) is 4.22. The Bertz CT molecular complexity index is 1340. The fourth-order valence-corrected chi connectivity index (χ4v) is 9.17. The molecule has 4 aliphatic rings. The largest absolute Gasteiger partial charge is 0.455 e. The zero-order chi connectivity index (χ0) is 33.9. The van der Waals surface area contributed by atoms with E-state index in [0.717, 1.165) is 32.1 Å². The molecule has 11 heteroatoms. The number of alkyl halides is 1. The van der Waals surface area contributed by atoms with Gasteiger partial charge >= 0.3 is 5.97 Å². The zero-order valence-corrected chi connectivity index (χ0v) is 29.0. The molecule has 3 aliphatic heterocycles. The van der Waals surface area contributed by atoms with Crippen LogP contribution in [0.2, 0.25) is 0 Å². The van der Waals surface area contributed by atoms with Gasteiger partial charge in [-0.2, -0.15) is 0 Å². The van der Waals surface area contributed by atoms with Crippen LogP contribution < -0.4 is 5.32 Å². The number of aliphatic hydroxyl groups excluding tert-OH is 1. The Morgan fingerprint density at radius 2 is 1.87 bits per heavy atom. The van der Waals surface area contributed by atoms with E-state index in [9.17, 15) is 24.3 Å². The third-order valence-corrected chi connectivity index (χ3v) is 11.2. The highest BCUT2D eigenvalue weighted by Gasteiger charge is 2.77. The van der Waals surface area contributed by atoms with Crippen LogP contribution in [0.4, 0.5) is 0 Å². The minimum absolute atomic E-state index is 0.0139. The number of ether oxygens (including phenoxy) is 2. The van der Waals surface area contributed by atoms with E-state index in [1.165, 1.54) is 4.90 Å². The van der Waals surface area contributed by atoms with Crippen molar-refractivity contribution in [1.29, 1.82) is 0 Å². The van der Waals surface area contributed by atoms with Gasteiger partial charge in [-0.05, 0) is 45.1 Å². The number of carbonyl (C=O) groups excluding carboxylic acids is 4. The first-order valence-electron chi connectivity index (χ1n) is 16.9. The summed E-state index contributed by atoms with van der Waals surface area (Å²) in [4.78, 5) is 59.1. The van der Waals surface area contributed by atoms with Crippen molar-refractivity contribution in [3.8, 4) is 0 Å². The maximum atomic E-state index is 14.7. The van der Waals surface area contributed by atoms with Crippen LogP contribution in [0.3, 0.4) is 0 Å². The number of benzene rings is 1. The molecule has 1 aromatic rings. The first-order valence-corrected chi connectivity index (χ1v) is 17.8. The molecule has 10 nitrogen and oxygen atoms in total. The molecule has 0 aromatic heterocycles. The van der Waals surface area contributed by atoms with Crippen molar-refractivity contribution in [3.05, 3.63) is 61.2 Å². The molecule has 9 atom stereocenters. The van der Waals surface area contributed by atoms with Crippen LogP contribution in [0.5, 0.6) is 0 Å². The highest BCUT2D eigenvalue weighted by atomic mass is 79.9. The van der Waals surface area contributed by atoms with E-state index < -0.39 is 59.6 Å². The zero-order valence-electron chi connectivity index (χ0n) is 27.4. The van der Waals surface area contributed by atoms with Crippen molar-refractivity contribution in [2.24, 2.45) is 11.8 Å². The van der Waals surface area contributed by atoms with Crippen molar-refractivity contribution in [1.82, 2.24) is 15.1 Å². The van der Waals surface area contributed by atoms with E-state index in [1.807, 2.05) is 35.2 Å². The van der Waals surface area contributed by atoms with Crippen LogP contribution in [-0.4, -0.2) is 92.4 Å². The number of amides is 3. The molecule has 3 heterocycles. The number of hydrogen-bond donors (Lipinski definition) is 2. The topological polar surface area (TPSA) is 125 Å². The number of nitrogens with zero attached hydrogens (tertiary/aromatic N) is 2. The summed E-state index contributed by atoms with van der Waals surface area (Å²) in [5.74, 6) is -3.41. The van der Waals surface area contributed by atoms with Gasteiger partial charge < -0.3 is 29.7 Å². The second-order valence-electron chi connectivity index (χ2n) is 13.5. The molecule has 47 heavy (non-hydrogen) atoms. The fourth-order valence-electron chi connectivity index (χ4n) is 8.23. The van der Waals surface area contributed by atoms with Gasteiger partial charge in [-0.25, -0.2) is 0 Å². The number of allylic oxidation sites excluding steroid dienone is 1. The highest BCUT2D eigenvalue weighted by Crippen LogP contribution is 2.61. The number of likely N-dealkylation sites (tertiary alicyclic amines) is 1. The summed E-state index contributed by atoms with van der Waals surface area (Å²) in [5.41, 5.74) is -0.582. The number of fused-ring (bicyclic) bond motifs is 1. The molecule has 5 rings (SSSR count). The standard InChI is InChI=1S/C36H48BrN3O7/c1-5-7-18-27(42)38-23(4)30(24-14-10-8-11-15-24)46-35(45)28-29-33(43)40(22(3)21-41)32(36(29)20-26(37)31(28)47-36)34(44)39(19-6-2)25-16-12-9-13-17-25/h5-6,8,10-11,14-15,22-23,25-26,28-32,41H,1-2,7,9,12-13,16-21H2,3-4H3,(H,38,42)/t22-,23+,26?,28-,29+,30+,31-,32-,36+/m1/s1. The summed E-state index contributed by atoms with van der Waals surface area (Å²) in [7, 11) is 0. The Labute approximate surface area is 286 Å². The first kappa shape index (κ1) is 35.3. The number of esters is 1. The monoisotopic (exact) mass is 713 g/mol. The minimum Gasteiger partial charge on any atom is -0.455 e. The number of hydrogen-bond acceptors (Lipinski definition) is 7. The second kappa shape index (κ2) is 15.0. The third-order valence-electron chi connectivity index (χ3n) is 10.4. The van der Waals surface area contributed by atoms with Gasteiger partial charge in [0.1, 0.15) is 17.7 Å². The van der Waals surface area contributed by atoms with Gasteiger partial charge in [0.05, 0.1) is 36.6 Å². The molecule has 2 N–H and O–H groups in total. The first-order chi connectivity index (χ1) is 22.6. The minimum atomic E-state index is -1.28. The highest BCUT2D eigenvalue weighted by molar-refractivity contribution is 9.09. The summed E-state index contributed by atoms with van der Waals surface area (Å²) in [6.45, 7) is 11.1. The van der Waals surface area contributed by atoms with Gasteiger partial charge in [0.2, 0.25) is 17.7 Å². The number of carbonyl (C=O) groups is 4. The molecule has 2 bridgehead atoms. The predicted molar refractivity (Wildman–Crippen MR) is 180 cm³/mol. The van der Waals surface area contributed by atoms with Gasteiger partial charge in [-0.1, -0.05) is 77.7 Å². The van der Waals surface area contributed by atoms with Crippen molar-refractivity contribution >= 4 is 39.6 Å². The smallest absolute Gasteiger partial charge is 0.313 e. The Kier molecular flexibility index (Phi) is 11.3. The lowest BCUT2D eigenvalue weighted by Gasteiger charge is -2.42. The molecule has 256 valence electrons. The number of aliphatic hydroxyl groups is 1. The van der Waals surface area contributed by atoms with E-state index >= 15 is 0 Å². The van der Waals surface area contributed by atoms with Crippen molar-refractivity contribution in [2.75, 3.05) is 13.2 Å². The maximum absolute atomic E-state index is 14.7. The van der Waals surface area contributed by atoms with Gasteiger partial charge in [0, 0.05) is 23.8 Å². The maximum Gasteiger partial charge on any atom is 0.313 e. The van der Waals surface area contributed by atoms with Crippen LogP contribution in [0, 0.1) is 11.8 Å². The number of halogens is 1. The SMILES string of the molecule is C=CCCC(=O)N[C@@H](C)[C@H](OC(=O)[C@H]1[C@@H]2O[C@@]3(CC2Br)[C@@H]1C(=O)N([C@H](C)CO)[C@@H]3C(=O)N(CC=C)C1CCCCC1)c1ccccc1. The molecule has 1 saturated carbocycles. The average molecular weight is 715 g/mol. The van der Waals surface area contributed by atoms with Gasteiger partial charge in [0.15, 0.2) is 0 Å². The lowest BCUT2D eigenvalue weighted by atomic mass is 9.70. The number of nitrogens with one attached hydrogen (secondary N) is 1. The summed E-state index contributed by atoms with van der Waals surface area (Å²) in [5, 5.41) is 13.2. The second-order valence-corrected chi connectivity index (χ2v) is 14.6. The van der Waals surface area contributed by atoms with Gasteiger partial charge in [-0.3, -0.25) is 19.2 Å². The van der Waals surface area contributed by atoms with Gasteiger partial charge in [0.25, 0.3) is 0 Å². The molecule has 3 amide bonds. The van der Waals surface area contributed by atoms with E-state index in [-0.39, 0.29) is 35.7 Å². The Balaban J connectivity index is 1.48. The Morgan fingerprint density at radius 3 is 2.51 bits per heavy atom. The number of rotatable bonds is 14. The summed E-state index contributed by atoms with van der Waals surface area (Å²) >= 11 is 3.73. The van der Waals surface area contributed by atoms with Crippen molar-refractivity contribution in [2.45, 2.75) is 112 Å². The lowest BCUT2D eigenvalue weighted by molar-refractivity contribution is -0.162. The fraction of sp³-hybridized carbons (Fsp3) is 0.611. The van der Waals surface area contributed by atoms with Crippen molar-refractivity contribution in [3.63, 3.8) is 0 Å². The Morgan fingerprint density at radius 1 is 1.17 bits per heavy atom. The van der Waals surface area contributed by atoms with E-state index in [0.29, 0.717) is 24.9 Å². The van der Waals surface area contributed by atoms with E-state index in [2.05, 4.69) is 34.4 Å². The molecule has 1 aliphatic carbocycles. The van der Waals surface area contributed by atoms with E-state index in [1.54, 1.807) is 26.0 Å². The molecular formula is C36H48BrN3O7. The van der Waals surface area contributed by atoms with Crippen LogP contribution in [0.15, 0.2) is 55.6 Å². The molecule has 0 radical (unpaired) electrons. The Hall–Kier alpha value is -3.02. The van der Waals surface area contributed by atoms with Crippen LogP contribution in [0.1, 0.15) is 76.9 Å². The average Bonchev–Trinajstić information content (AvgIpc) is 3.68. The molecule has 3 saturated heterocycles. The van der Waals surface area contributed by atoms with Crippen molar-refractivity contribution < 1.29 is 33.8 Å². The third kappa shape index (κ3) is 6.68. The summed E-state index contributed by atoms with van der Waals surface area (Å²) < 4.78 is 12.9. The van der Waals surface area contributed by atoms with E-state index in [4.69, 9.17) is 9.47 Å². The molecule has 1 aromatic carbocycles.